The summed E-state index contributed by atoms with van der Waals surface area (Å²) < 4.78 is 22.4. The van der Waals surface area contributed by atoms with Crippen molar-refractivity contribution in [3.05, 3.63) is 32.2 Å². The van der Waals surface area contributed by atoms with E-state index in [1.165, 1.54) is 0 Å². The molecule has 0 N–H and O–H groups in total. The normalized spacial score (nSPS) is 10.7. The van der Waals surface area contributed by atoms with Crippen molar-refractivity contribution < 1.29 is 8.42 Å². The maximum absolute atomic E-state index is 10.8. The number of rotatable bonds is 0. The van der Waals surface area contributed by atoms with E-state index in [9.17, 15) is 8.42 Å². The van der Waals surface area contributed by atoms with E-state index < -0.39 is 9.84 Å². The summed E-state index contributed by atoms with van der Waals surface area (Å²) in [4.78, 5) is 0. The smallest absolute Gasteiger partial charge is 0.214 e. The third kappa shape index (κ3) is 4.04. The molecule has 0 unspecified atom stereocenters. The van der Waals surface area contributed by atoms with Gasteiger partial charge in [-0.05, 0) is 18.1 Å². The third-order valence-electron chi connectivity index (χ3n) is 1.37. The van der Waals surface area contributed by atoms with Crippen LogP contribution in [0, 0.1) is 11.2 Å². The molecular formula is C9H5BrCl2O2S. The number of hydrogen-bond donors (Lipinski definition) is 0. The Kier molecular flexibility index (Phi) is 4.07. The van der Waals surface area contributed by atoms with E-state index in [2.05, 4.69) is 27.1 Å². The highest BCUT2D eigenvalue weighted by Gasteiger charge is 2.05. The maximum Gasteiger partial charge on any atom is 0.214 e. The Morgan fingerprint density at radius 1 is 1.27 bits per heavy atom. The quantitative estimate of drug-likeness (QED) is 0.686. The average Bonchev–Trinajstić information content (AvgIpc) is 1.99. The SMILES string of the molecule is CS(=O)(=O)C#Cc1c(Cl)cc(Br)cc1Cl. The largest absolute Gasteiger partial charge is 0.216 e. The highest BCUT2D eigenvalue weighted by Crippen LogP contribution is 2.28. The van der Waals surface area contributed by atoms with Gasteiger partial charge in [-0.15, -0.1) is 0 Å². The molecule has 1 rings (SSSR count). The van der Waals surface area contributed by atoms with E-state index in [0.717, 1.165) is 6.26 Å². The van der Waals surface area contributed by atoms with E-state index in [1.807, 2.05) is 0 Å². The fourth-order valence-electron chi connectivity index (χ4n) is 0.805. The first-order valence-corrected chi connectivity index (χ1v) is 7.11. The molecule has 0 saturated heterocycles. The first-order chi connectivity index (χ1) is 6.79. The lowest BCUT2D eigenvalue weighted by Crippen LogP contribution is -1.90. The molecule has 0 atom stereocenters. The van der Waals surface area contributed by atoms with Gasteiger partial charge in [0.1, 0.15) is 0 Å². The van der Waals surface area contributed by atoms with Crippen molar-refractivity contribution in [3.8, 4) is 11.2 Å². The minimum absolute atomic E-state index is 0.311. The van der Waals surface area contributed by atoms with Crippen LogP contribution in [0.5, 0.6) is 0 Å². The lowest BCUT2D eigenvalue weighted by molar-refractivity contribution is 0.611. The number of hydrogen-bond acceptors (Lipinski definition) is 2. The molecule has 0 aliphatic carbocycles. The zero-order valence-corrected chi connectivity index (χ0v) is 11.4. The summed E-state index contributed by atoms with van der Waals surface area (Å²) in [6.45, 7) is 0. The van der Waals surface area contributed by atoms with Crippen molar-refractivity contribution in [1.29, 1.82) is 0 Å². The van der Waals surface area contributed by atoms with Gasteiger partial charge in [-0.3, -0.25) is 0 Å². The van der Waals surface area contributed by atoms with Gasteiger partial charge in [0.25, 0.3) is 0 Å². The van der Waals surface area contributed by atoms with Crippen LogP contribution in [0.25, 0.3) is 0 Å². The molecule has 0 aliphatic heterocycles. The van der Waals surface area contributed by atoms with Crippen LogP contribution >= 0.6 is 39.1 Å². The van der Waals surface area contributed by atoms with Crippen molar-refractivity contribution in [3.63, 3.8) is 0 Å². The Morgan fingerprint density at radius 2 is 1.73 bits per heavy atom. The standard InChI is InChI=1S/C9H5BrCl2O2S/c1-15(13,14)3-2-7-8(11)4-6(10)5-9(7)12/h4-5H,1H3. The Labute approximate surface area is 107 Å². The summed E-state index contributed by atoms with van der Waals surface area (Å²) in [6.07, 6.45) is 1.01. The number of benzene rings is 1. The second kappa shape index (κ2) is 4.75. The lowest BCUT2D eigenvalue weighted by Gasteiger charge is -1.99. The van der Waals surface area contributed by atoms with Gasteiger partial charge in [-0.1, -0.05) is 39.1 Å². The molecule has 0 aliphatic rings. The Hall–Kier alpha value is -0.210. The highest BCUT2D eigenvalue weighted by molar-refractivity contribution is 9.10. The van der Waals surface area contributed by atoms with E-state index in [0.29, 0.717) is 20.1 Å². The van der Waals surface area contributed by atoms with E-state index >= 15 is 0 Å². The second-order valence-electron chi connectivity index (χ2n) is 2.74. The molecule has 0 aromatic heterocycles. The molecular weight excluding hydrogens is 323 g/mol. The maximum atomic E-state index is 10.8. The molecule has 0 fully saturated rings. The van der Waals surface area contributed by atoms with Crippen molar-refractivity contribution in [2.75, 3.05) is 6.26 Å². The van der Waals surface area contributed by atoms with Crippen LogP contribution in [0.15, 0.2) is 16.6 Å². The van der Waals surface area contributed by atoms with Crippen molar-refractivity contribution >= 4 is 49.0 Å². The Balaban J connectivity index is 3.32. The predicted molar refractivity (Wildman–Crippen MR) is 65.9 cm³/mol. The van der Waals surface area contributed by atoms with Crippen LogP contribution in [0.1, 0.15) is 5.56 Å². The van der Waals surface area contributed by atoms with Gasteiger partial charge in [0.15, 0.2) is 0 Å². The van der Waals surface area contributed by atoms with Gasteiger partial charge in [-0.25, -0.2) is 8.42 Å². The van der Waals surface area contributed by atoms with Crippen LogP contribution in [0.3, 0.4) is 0 Å². The molecule has 0 saturated carbocycles. The van der Waals surface area contributed by atoms with Gasteiger partial charge >= 0.3 is 0 Å². The summed E-state index contributed by atoms with van der Waals surface area (Å²) in [5, 5.41) is 2.70. The van der Waals surface area contributed by atoms with E-state index in [1.54, 1.807) is 12.1 Å². The van der Waals surface area contributed by atoms with Crippen molar-refractivity contribution in [1.82, 2.24) is 0 Å². The lowest BCUT2D eigenvalue weighted by atomic mass is 10.2. The molecule has 15 heavy (non-hydrogen) atoms. The van der Waals surface area contributed by atoms with Crippen LogP contribution in [-0.4, -0.2) is 14.7 Å². The van der Waals surface area contributed by atoms with Crippen molar-refractivity contribution in [2.45, 2.75) is 0 Å². The topological polar surface area (TPSA) is 34.1 Å². The molecule has 0 bridgehead atoms. The molecule has 1 aromatic rings. The number of sulfone groups is 1. The summed E-state index contributed by atoms with van der Waals surface area (Å²) in [5.74, 6) is 2.43. The molecule has 0 spiro atoms. The molecule has 0 radical (unpaired) electrons. The predicted octanol–water partition coefficient (Wildman–Crippen LogP) is 3.11. The average molecular weight is 328 g/mol. The highest BCUT2D eigenvalue weighted by atomic mass is 79.9. The minimum Gasteiger partial charge on any atom is -0.216 e. The first kappa shape index (κ1) is 12.9. The van der Waals surface area contributed by atoms with E-state index in [-0.39, 0.29) is 0 Å². The van der Waals surface area contributed by atoms with Crippen LogP contribution in [0.4, 0.5) is 0 Å². The van der Waals surface area contributed by atoms with Gasteiger partial charge in [0.2, 0.25) is 9.84 Å². The molecule has 6 heteroatoms. The van der Waals surface area contributed by atoms with Gasteiger partial charge in [0.05, 0.1) is 21.9 Å². The zero-order chi connectivity index (χ0) is 11.6. The monoisotopic (exact) mass is 326 g/mol. The fraction of sp³-hybridized carbons (Fsp3) is 0.111. The summed E-state index contributed by atoms with van der Waals surface area (Å²) in [6, 6.07) is 3.19. The molecule has 0 amide bonds. The van der Waals surface area contributed by atoms with Gasteiger partial charge in [0, 0.05) is 9.73 Å². The van der Waals surface area contributed by atoms with Crippen molar-refractivity contribution in [2.24, 2.45) is 0 Å². The zero-order valence-electron chi connectivity index (χ0n) is 7.51. The summed E-state index contributed by atoms with van der Waals surface area (Å²) >= 11 is 14.9. The van der Waals surface area contributed by atoms with Crippen LogP contribution < -0.4 is 0 Å². The fourth-order valence-corrected chi connectivity index (χ4v) is 2.40. The third-order valence-corrected chi connectivity index (χ3v) is 2.90. The molecule has 1 aromatic carbocycles. The Morgan fingerprint density at radius 3 is 2.13 bits per heavy atom. The summed E-state index contributed by atoms with van der Waals surface area (Å²) in [7, 11) is -3.36. The second-order valence-corrected chi connectivity index (χ2v) is 6.22. The minimum atomic E-state index is -3.36. The first-order valence-electron chi connectivity index (χ1n) is 3.67. The van der Waals surface area contributed by atoms with Crippen LogP contribution in [-0.2, 0) is 9.84 Å². The van der Waals surface area contributed by atoms with Gasteiger partial charge < -0.3 is 0 Å². The molecule has 2 nitrogen and oxygen atoms in total. The molecule has 0 heterocycles. The Bertz CT molecular complexity index is 532. The van der Waals surface area contributed by atoms with Gasteiger partial charge in [-0.2, -0.15) is 0 Å². The van der Waals surface area contributed by atoms with E-state index in [4.69, 9.17) is 23.2 Å². The number of halogens is 3. The molecule has 80 valence electrons. The van der Waals surface area contributed by atoms with Crippen LogP contribution in [0.2, 0.25) is 10.0 Å². The summed E-state index contributed by atoms with van der Waals surface area (Å²) in [5.41, 5.74) is 0.312.